The Bertz CT molecular complexity index is 494. The Labute approximate surface area is 94.8 Å². The summed E-state index contributed by atoms with van der Waals surface area (Å²) in [6, 6.07) is 0. The van der Waals surface area contributed by atoms with Crippen molar-refractivity contribution in [2.75, 3.05) is 0 Å². The summed E-state index contributed by atoms with van der Waals surface area (Å²) < 4.78 is 3.83. The molecule has 2 rings (SSSR count). The summed E-state index contributed by atoms with van der Waals surface area (Å²) >= 11 is 3.29. The summed E-state index contributed by atoms with van der Waals surface area (Å²) in [4.78, 5) is 12.0. The zero-order chi connectivity index (χ0) is 11.0. The van der Waals surface area contributed by atoms with Gasteiger partial charge in [0.1, 0.15) is 5.69 Å². The monoisotopic (exact) mass is 268 g/mol. The first-order valence-corrected chi connectivity index (χ1v) is 5.09. The van der Waals surface area contributed by atoms with Gasteiger partial charge in [-0.25, -0.2) is 0 Å². The minimum atomic E-state index is -0.0880. The highest BCUT2D eigenvalue weighted by atomic mass is 79.9. The van der Waals surface area contributed by atoms with E-state index in [2.05, 4.69) is 26.1 Å². The highest BCUT2D eigenvalue weighted by Crippen LogP contribution is 2.18. The molecule has 78 valence electrons. The first-order chi connectivity index (χ1) is 7.09. The van der Waals surface area contributed by atoms with Crippen molar-refractivity contribution >= 4 is 21.7 Å². The number of hydrogen-bond donors (Lipinski definition) is 0. The van der Waals surface area contributed by atoms with Crippen LogP contribution in [0.2, 0.25) is 0 Å². The minimum absolute atomic E-state index is 0.0880. The number of rotatable bonds is 2. The molecule has 0 aliphatic rings. The Morgan fingerprint density at radius 3 is 2.53 bits per heavy atom. The molecule has 0 aliphatic carbocycles. The fourth-order valence-electron chi connectivity index (χ4n) is 1.34. The topological polar surface area (TPSA) is 52.7 Å². The fourth-order valence-corrected chi connectivity index (χ4v) is 1.87. The maximum absolute atomic E-state index is 12.0. The molecule has 0 amide bonds. The standard InChI is InChI=1S/C9H9BrN4O/c1-13-5-6(3-11-13)9(15)8-7(10)4-12-14(8)2/h3-5H,1-2H3. The van der Waals surface area contributed by atoms with Crippen LogP contribution in [-0.4, -0.2) is 25.3 Å². The van der Waals surface area contributed by atoms with Gasteiger partial charge in [-0.3, -0.25) is 14.2 Å². The zero-order valence-corrected chi connectivity index (χ0v) is 9.89. The van der Waals surface area contributed by atoms with Crippen LogP contribution >= 0.6 is 15.9 Å². The largest absolute Gasteiger partial charge is 0.287 e. The summed E-state index contributed by atoms with van der Waals surface area (Å²) in [6.07, 6.45) is 4.83. The molecule has 5 nitrogen and oxygen atoms in total. The molecule has 0 aliphatic heterocycles. The molecule has 0 radical (unpaired) electrons. The van der Waals surface area contributed by atoms with Gasteiger partial charge in [-0.2, -0.15) is 10.2 Å². The van der Waals surface area contributed by atoms with E-state index in [1.165, 1.54) is 0 Å². The summed E-state index contributed by atoms with van der Waals surface area (Å²) in [5, 5.41) is 7.95. The van der Waals surface area contributed by atoms with Crippen molar-refractivity contribution in [2.45, 2.75) is 0 Å². The van der Waals surface area contributed by atoms with E-state index in [-0.39, 0.29) is 5.78 Å². The number of ketones is 1. The van der Waals surface area contributed by atoms with E-state index in [0.717, 1.165) is 0 Å². The van der Waals surface area contributed by atoms with Crippen LogP contribution in [0.3, 0.4) is 0 Å². The van der Waals surface area contributed by atoms with Crippen LogP contribution in [0.4, 0.5) is 0 Å². The van der Waals surface area contributed by atoms with Crippen LogP contribution in [0, 0.1) is 0 Å². The third-order valence-electron chi connectivity index (χ3n) is 2.08. The highest BCUT2D eigenvalue weighted by Gasteiger charge is 2.18. The summed E-state index contributed by atoms with van der Waals surface area (Å²) in [5.41, 5.74) is 1.09. The Morgan fingerprint density at radius 1 is 1.33 bits per heavy atom. The van der Waals surface area contributed by atoms with Crippen molar-refractivity contribution in [3.8, 4) is 0 Å². The zero-order valence-electron chi connectivity index (χ0n) is 8.31. The molecule has 0 atom stereocenters. The molecule has 0 saturated carbocycles. The van der Waals surface area contributed by atoms with Gasteiger partial charge in [-0.05, 0) is 15.9 Å². The normalized spacial score (nSPS) is 10.6. The third kappa shape index (κ3) is 1.72. The van der Waals surface area contributed by atoms with Crippen LogP contribution in [0.1, 0.15) is 16.1 Å². The maximum atomic E-state index is 12.0. The van der Waals surface area contributed by atoms with E-state index >= 15 is 0 Å². The van der Waals surface area contributed by atoms with Crippen molar-refractivity contribution in [2.24, 2.45) is 14.1 Å². The number of halogens is 1. The lowest BCUT2D eigenvalue weighted by Crippen LogP contribution is -2.08. The second-order valence-electron chi connectivity index (χ2n) is 3.20. The second kappa shape index (κ2) is 3.62. The van der Waals surface area contributed by atoms with Gasteiger partial charge in [-0.1, -0.05) is 0 Å². The molecule has 0 aromatic carbocycles. The van der Waals surface area contributed by atoms with Crippen molar-refractivity contribution in [1.82, 2.24) is 19.6 Å². The smallest absolute Gasteiger partial charge is 0.215 e. The Morgan fingerprint density at radius 2 is 2.07 bits per heavy atom. The van der Waals surface area contributed by atoms with Gasteiger partial charge in [0.25, 0.3) is 0 Å². The van der Waals surface area contributed by atoms with Crippen LogP contribution < -0.4 is 0 Å². The van der Waals surface area contributed by atoms with Crippen LogP contribution in [0.15, 0.2) is 23.1 Å². The quantitative estimate of drug-likeness (QED) is 0.768. The molecule has 0 bridgehead atoms. The lowest BCUT2D eigenvalue weighted by atomic mass is 10.2. The van der Waals surface area contributed by atoms with E-state index in [0.29, 0.717) is 15.7 Å². The average molecular weight is 269 g/mol. The lowest BCUT2D eigenvalue weighted by molar-refractivity contribution is 0.102. The molecule has 2 aromatic rings. The highest BCUT2D eigenvalue weighted by molar-refractivity contribution is 9.10. The number of aromatic nitrogens is 4. The molecule has 15 heavy (non-hydrogen) atoms. The first kappa shape index (κ1) is 10.1. The van der Waals surface area contributed by atoms with Crippen LogP contribution in [0.25, 0.3) is 0 Å². The summed E-state index contributed by atoms with van der Waals surface area (Å²) in [5.74, 6) is -0.0880. The Kier molecular flexibility index (Phi) is 2.44. The number of aryl methyl sites for hydroxylation is 2. The molecule has 0 N–H and O–H groups in total. The number of carbonyl (C=O) groups is 1. The SMILES string of the molecule is Cn1cc(C(=O)c2c(Br)cnn2C)cn1. The molecule has 2 aromatic heterocycles. The van der Waals surface area contributed by atoms with Gasteiger partial charge in [0.15, 0.2) is 0 Å². The fraction of sp³-hybridized carbons (Fsp3) is 0.222. The van der Waals surface area contributed by atoms with E-state index in [1.807, 2.05) is 0 Å². The lowest BCUT2D eigenvalue weighted by Gasteiger charge is -1.99. The van der Waals surface area contributed by atoms with E-state index in [1.54, 1.807) is 42.0 Å². The van der Waals surface area contributed by atoms with Gasteiger partial charge < -0.3 is 0 Å². The van der Waals surface area contributed by atoms with Crippen molar-refractivity contribution in [3.05, 3.63) is 34.3 Å². The van der Waals surface area contributed by atoms with Gasteiger partial charge in [0, 0.05) is 20.3 Å². The van der Waals surface area contributed by atoms with Gasteiger partial charge in [-0.15, -0.1) is 0 Å². The van der Waals surface area contributed by atoms with Crippen molar-refractivity contribution in [3.63, 3.8) is 0 Å². The second-order valence-corrected chi connectivity index (χ2v) is 4.05. The Hall–Kier alpha value is -1.43. The van der Waals surface area contributed by atoms with Crippen molar-refractivity contribution in [1.29, 1.82) is 0 Å². The molecule has 0 saturated heterocycles. The Balaban J connectivity index is 2.45. The van der Waals surface area contributed by atoms with Gasteiger partial charge in [0.2, 0.25) is 5.78 Å². The van der Waals surface area contributed by atoms with Gasteiger partial charge >= 0.3 is 0 Å². The van der Waals surface area contributed by atoms with Crippen LogP contribution in [-0.2, 0) is 14.1 Å². The van der Waals surface area contributed by atoms with Crippen molar-refractivity contribution < 1.29 is 4.79 Å². The molecule has 2 heterocycles. The van der Waals surface area contributed by atoms with Gasteiger partial charge in [0.05, 0.1) is 22.4 Å². The molecule has 0 unspecified atom stereocenters. The first-order valence-electron chi connectivity index (χ1n) is 4.30. The molecule has 6 heteroatoms. The number of carbonyl (C=O) groups excluding carboxylic acids is 1. The third-order valence-corrected chi connectivity index (χ3v) is 2.66. The molecule has 0 fully saturated rings. The van der Waals surface area contributed by atoms with E-state index < -0.39 is 0 Å². The molecular weight excluding hydrogens is 260 g/mol. The summed E-state index contributed by atoms with van der Waals surface area (Å²) in [7, 11) is 3.50. The average Bonchev–Trinajstić information content (AvgIpc) is 2.73. The molecule has 0 spiro atoms. The minimum Gasteiger partial charge on any atom is -0.287 e. The maximum Gasteiger partial charge on any atom is 0.215 e. The predicted molar refractivity (Wildman–Crippen MR) is 57.5 cm³/mol. The number of nitrogens with zero attached hydrogens (tertiary/aromatic N) is 4. The van der Waals surface area contributed by atoms with E-state index in [4.69, 9.17) is 0 Å². The predicted octanol–water partition coefficient (Wildman–Crippen LogP) is 1.15. The van der Waals surface area contributed by atoms with Crippen LogP contribution in [0.5, 0.6) is 0 Å². The van der Waals surface area contributed by atoms with E-state index in [9.17, 15) is 4.79 Å². The summed E-state index contributed by atoms with van der Waals surface area (Å²) in [6.45, 7) is 0. The number of hydrogen-bond acceptors (Lipinski definition) is 3. The molecular formula is C9H9BrN4O.